The summed E-state index contributed by atoms with van der Waals surface area (Å²) in [5, 5.41) is 0. The number of methoxy groups -OCH3 is 2. The lowest BCUT2D eigenvalue weighted by atomic mass is 9.96. The van der Waals surface area contributed by atoms with E-state index >= 15 is 0 Å². The minimum absolute atomic E-state index is 0.00445. The van der Waals surface area contributed by atoms with Crippen LogP contribution in [0, 0.1) is 5.92 Å². The molecule has 1 aliphatic heterocycles. The number of carbonyl (C=O) groups excluding carboxylic acids is 2. The van der Waals surface area contributed by atoms with Crippen molar-refractivity contribution in [1.82, 2.24) is 9.80 Å². The van der Waals surface area contributed by atoms with E-state index in [1.807, 2.05) is 24.3 Å². The number of piperidine rings is 1. The zero-order chi connectivity index (χ0) is 19.1. The second-order valence-corrected chi connectivity index (χ2v) is 6.74. The van der Waals surface area contributed by atoms with Gasteiger partial charge in [-0.25, -0.2) is 0 Å². The van der Waals surface area contributed by atoms with Gasteiger partial charge in [0.1, 0.15) is 0 Å². The smallest absolute Gasteiger partial charge is 0.253 e. The molecule has 7 heteroatoms. The number of nitrogens with zero attached hydrogens (tertiary/aromatic N) is 2. The van der Waals surface area contributed by atoms with Crippen LogP contribution in [-0.2, 0) is 20.8 Å². The van der Waals surface area contributed by atoms with Gasteiger partial charge < -0.3 is 20.1 Å². The van der Waals surface area contributed by atoms with Crippen LogP contribution < -0.4 is 5.73 Å². The highest BCUT2D eigenvalue weighted by atomic mass is 16.7. The van der Waals surface area contributed by atoms with E-state index in [-0.39, 0.29) is 17.7 Å². The van der Waals surface area contributed by atoms with Crippen LogP contribution in [-0.4, -0.2) is 68.8 Å². The Labute approximate surface area is 155 Å². The molecule has 1 aromatic carbocycles. The Hall–Kier alpha value is -1.96. The number of ether oxygens (including phenoxy) is 2. The van der Waals surface area contributed by atoms with Crippen LogP contribution >= 0.6 is 0 Å². The summed E-state index contributed by atoms with van der Waals surface area (Å²) in [6.07, 6.45) is 1.19. The van der Waals surface area contributed by atoms with E-state index in [9.17, 15) is 9.59 Å². The molecule has 1 aromatic rings. The minimum Gasteiger partial charge on any atom is -0.369 e. The predicted molar refractivity (Wildman–Crippen MR) is 98.4 cm³/mol. The molecule has 0 unspecified atom stereocenters. The largest absolute Gasteiger partial charge is 0.369 e. The number of carbonyl (C=O) groups is 2. The van der Waals surface area contributed by atoms with Crippen molar-refractivity contribution in [3.63, 3.8) is 0 Å². The summed E-state index contributed by atoms with van der Waals surface area (Å²) in [7, 11) is 4.82. The molecule has 0 aromatic heterocycles. The molecule has 1 aliphatic rings. The summed E-state index contributed by atoms with van der Waals surface area (Å²) in [4.78, 5) is 27.6. The molecule has 0 radical (unpaired) electrons. The number of likely N-dealkylation sites (tertiary alicyclic amines) is 1. The third-order valence-corrected chi connectivity index (χ3v) is 4.89. The van der Waals surface area contributed by atoms with Gasteiger partial charge in [0, 0.05) is 39.3 Å². The fourth-order valence-electron chi connectivity index (χ4n) is 3.16. The number of nitrogens with two attached hydrogens (primary N) is 1. The Bertz CT molecular complexity index is 593. The van der Waals surface area contributed by atoms with Crippen molar-refractivity contribution in [3.05, 3.63) is 35.4 Å². The van der Waals surface area contributed by atoms with Crippen molar-refractivity contribution in [2.75, 3.05) is 40.9 Å². The highest BCUT2D eigenvalue weighted by Crippen LogP contribution is 2.19. The number of hydrogen-bond donors (Lipinski definition) is 1. The Morgan fingerprint density at radius 2 is 1.77 bits per heavy atom. The summed E-state index contributed by atoms with van der Waals surface area (Å²) in [5.41, 5.74) is 7.15. The van der Waals surface area contributed by atoms with Gasteiger partial charge in [0.25, 0.3) is 5.91 Å². The SMILES string of the molecule is COC(CN(C)C(=O)c1ccc(CN2CCC(C(N)=O)CC2)cc1)OC. The van der Waals surface area contributed by atoms with Gasteiger partial charge in [-0.1, -0.05) is 12.1 Å². The van der Waals surface area contributed by atoms with Gasteiger partial charge in [-0.05, 0) is 43.6 Å². The molecule has 0 atom stereocenters. The Morgan fingerprint density at radius 1 is 1.19 bits per heavy atom. The second-order valence-electron chi connectivity index (χ2n) is 6.74. The number of benzene rings is 1. The minimum atomic E-state index is -0.438. The first kappa shape index (κ1) is 20.4. The van der Waals surface area contributed by atoms with E-state index in [1.54, 1.807) is 26.2 Å². The Kier molecular flexibility index (Phi) is 7.56. The first-order valence-electron chi connectivity index (χ1n) is 8.86. The first-order chi connectivity index (χ1) is 12.4. The van der Waals surface area contributed by atoms with Crippen molar-refractivity contribution in [1.29, 1.82) is 0 Å². The van der Waals surface area contributed by atoms with Crippen molar-refractivity contribution < 1.29 is 19.1 Å². The summed E-state index contributed by atoms with van der Waals surface area (Å²) >= 11 is 0. The molecule has 2 N–H and O–H groups in total. The predicted octanol–water partition coefficient (Wildman–Crippen LogP) is 1.07. The van der Waals surface area contributed by atoms with Gasteiger partial charge in [0.05, 0.1) is 6.54 Å². The highest BCUT2D eigenvalue weighted by molar-refractivity contribution is 5.94. The lowest BCUT2D eigenvalue weighted by Gasteiger charge is -2.30. The standard InChI is InChI=1S/C19H29N3O4/c1-21(13-17(25-2)26-3)19(24)16-6-4-14(5-7-16)12-22-10-8-15(9-11-22)18(20)23/h4-7,15,17H,8-13H2,1-3H3,(H2,20,23). The van der Waals surface area contributed by atoms with Crippen LogP contribution in [0.4, 0.5) is 0 Å². The van der Waals surface area contributed by atoms with Gasteiger partial charge in [-0.3, -0.25) is 14.5 Å². The monoisotopic (exact) mass is 363 g/mol. The third kappa shape index (κ3) is 5.52. The fourth-order valence-corrected chi connectivity index (χ4v) is 3.16. The van der Waals surface area contributed by atoms with Crippen molar-refractivity contribution >= 4 is 11.8 Å². The number of hydrogen-bond acceptors (Lipinski definition) is 5. The van der Waals surface area contributed by atoms with E-state index in [0.717, 1.165) is 38.0 Å². The molecule has 0 saturated carbocycles. The molecular formula is C19H29N3O4. The summed E-state index contributed by atoms with van der Waals surface area (Å²) in [5.74, 6) is -0.261. The highest BCUT2D eigenvalue weighted by Gasteiger charge is 2.23. The van der Waals surface area contributed by atoms with Gasteiger partial charge in [-0.15, -0.1) is 0 Å². The van der Waals surface area contributed by atoms with E-state index in [0.29, 0.717) is 12.1 Å². The number of rotatable bonds is 8. The topological polar surface area (TPSA) is 85.1 Å². The number of primary amides is 1. The van der Waals surface area contributed by atoms with Crippen LogP contribution in [0.15, 0.2) is 24.3 Å². The Balaban J connectivity index is 1.88. The molecular weight excluding hydrogens is 334 g/mol. The quantitative estimate of drug-likeness (QED) is 0.699. The number of amides is 2. The molecule has 0 bridgehead atoms. The Morgan fingerprint density at radius 3 is 2.27 bits per heavy atom. The molecule has 2 amide bonds. The summed E-state index contributed by atoms with van der Waals surface area (Å²) in [6.45, 7) is 2.91. The van der Waals surface area contributed by atoms with E-state index in [2.05, 4.69) is 4.90 Å². The maximum Gasteiger partial charge on any atom is 0.253 e. The van der Waals surface area contributed by atoms with E-state index in [4.69, 9.17) is 15.2 Å². The molecule has 144 valence electrons. The van der Waals surface area contributed by atoms with Crippen LogP contribution in [0.1, 0.15) is 28.8 Å². The van der Waals surface area contributed by atoms with Gasteiger partial charge in [0.2, 0.25) is 5.91 Å². The van der Waals surface area contributed by atoms with Crippen LogP contribution in [0.3, 0.4) is 0 Å². The first-order valence-corrected chi connectivity index (χ1v) is 8.86. The lowest BCUT2D eigenvalue weighted by Crippen LogP contribution is -2.38. The summed E-state index contributed by atoms with van der Waals surface area (Å²) in [6, 6.07) is 7.65. The average Bonchev–Trinajstić information content (AvgIpc) is 2.66. The molecule has 0 spiro atoms. The van der Waals surface area contributed by atoms with Crippen molar-refractivity contribution in [3.8, 4) is 0 Å². The molecule has 1 heterocycles. The third-order valence-electron chi connectivity index (χ3n) is 4.89. The van der Waals surface area contributed by atoms with Crippen LogP contribution in [0.5, 0.6) is 0 Å². The fraction of sp³-hybridized carbons (Fsp3) is 0.579. The molecule has 2 rings (SSSR count). The zero-order valence-electron chi connectivity index (χ0n) is 15.8. The van der Waals surface area contributed by atoms with Crippen molar-refractivity contribution in [2.45, 2.75) is 25.7 Å². The van der Waals surface area contributed by atoms with Gasteiger partial charge in [-0.2, -0.15) is 0 Å². The molecule has 26 heavy (non-hydrogen) atoms. The summed E-state index contributed by atoms with van der Waals surface area (Å²) < 4.78 is 10.3. The average molecular weight is 363 g/mol. The van der Waals surface area contributed by atoms with E-state index in [1.165, 1.54) is 0 Å². The van der Waals surface area contributed by atoms with Gasteiger partial charge in [0.15, 0.2) is 6.29 Å². The molecule has 0 aliphatic carbocycles. The van der Waals surface area contributed by atoms with Crippen LogP contribution in [0.2, 0.25) is 0 Å². The maximum atomic E-state index is 12.5. The van der Waals surface area contributed by atoms with Crippen LogP contribution in [0.25, 0.3) is 0 Å². The zero-order valence-corrected chi connectivity index (χ0v) is 15.8. The molecule has 7 nitrogen and oxygen atoms in total. The number of likely N-dealkylation sites (N-methyl/N-ethyl adjacent to an activating group) is 1. The van der Waals surface area contributed by atoms with E-state index < -0.39 is 6.29 Å². The van der Waals surface area contributed by atoms with Gasteiger partial charge >= 0.3 is 0 Å². The lowest BCUT2D eigenvalue weighted by molar-refractivity contribution is -0.123. The maximum absolute atomic E-state index is 12.5. The normalized spacial score (nSPS) is 16.0. The molecule has 1 fully saturated rings. The van der Waals surface area contributed by atoms with Crippen molar-refractivity contribution in [2.24, 2.45) is 11.7 Å². The molecule has 1 saturated heterocycles. The second kappa shape index (κ2) is 9.66.